The Hall–Kier alpha value is -1.06. The Morgan fingerprint density at radius 2 is 2.22 bits per heavy atom. The third-order valence-corrected chi connectivity index (χ3v) is 4.06. The molecule has 1 atom stereocenters. The standard InChI is InChI=1S/C14H18ClN3/c1-10(2)17-6-5-11(8-17)14-16-7-13-4-3-12(15)9-18(13)14/h3-4,7,9-11H,5-6,8H2,1-2H3. The summed E-state index contributed by atoms with van der Waals surface area (Å²) in [6, 6.07) is 4.55. The number of likely N-dealkylation sites (tertiary alicyclic amines) is 1. The highest BCUT2D eigenvalue weighted by Crippen LogP contribution is 2.28. The van der Waals surface area contributed by atoms with Crippen LogP contribution in [0.3, 0.4) is 0 Å². The fraction of sp³-hybridized carbons (Fsp3) is 0.500. The van der Waals surface area contributed by atoms with Crippen molar-refractivity contribution in [2.75, 3.05) is 13.1 Å². The van der Waals surface area contributed by atoms with Crippen LogP contribution in [0.15, 0.2) is 24.5 Å². The first kappa shape index (κ1) is 12.0. The van der Waals surface area contributed by atoms with Crippen molar-refractivity contribution in [3.8, 4) is 0 Å². The normalized spacial score (nSPS) is 21.2. The van der Waals surface area contributed by atoms with E-state index >= 15 is 0 Å². The number of hydrogen-bond acceptors (Lipinski definition) is 2. The lowest BCUT2D eigenvalue weighted by molar-refractivity contribution is 0.272. The number of nitrogens with zero attached hydrogens (tertiary/aromatic N) is 3. The molecule has 0 saturated carbocycles. The van der Waals surface area contributed by atoms with E-state index in [1.54, 1.807) is 0 Å². The van der Waals surface area contributed by atoms with Gasteiger partial charge in [0.25, 0.3) is 0 Å². The van der Waals surface area contributed by atoms with Gasteiger partial charge in [-0.05, 0) is 38.9 Å². The minimum absolute atomic E-state index is 0.522. The molecule has 1 aliphatic heterocycles. The second kappa shape index (κ2) is 4.56. The van der Waals surface area contributed by atoms with Gasteiger partial charge in [-0.3, -0.25) is 0 Å². The molecule has 3 rings (SSSR count). The highest BCUT2D eigenvalue weighted by Gasteiger charge is 2.28. The van der Waals surface area contributed by atoms with E-state index in [2.05, 4.69) is 28.1 Å². The Morgan fingerprint density at radius 1 is 1.39 bits per heavy atom. The van der Waals surface area contributed by atoms with Crippen molar-refractivity contribution in [1.29, 1.82) is 0 Å². The Morgan fingerprint density at radius 3 is 2.94 bits per heavy atom. The summed E-state index contributed by atoms with van der Waals surface area (Å²) in [4.78, 5) is 7.10. The van der Waals surface area contributed by atoms with Crippen LogP contribution in [0, 0.1) is 0 Å². The number of rotatable bonds is 2. The highest BCUT2D eigenvalue weighted by atomic mass is 35.5. The maximum absolute atomic E-state index is 6.07. The van der Waals surface area contributed by atoms with Gasteiger partial charge in [0.05, 0.1) is 16.7 Å². The summed E-state index contributed by atoms with van der Waals surface area (Å²) in [7, 11) is 0. The zero-order valence-electron chi connectivity index (χ0n) is 10.8. The van der Waals surface area contributed by atoms with E-state index in [-0.39, 0.29) is 0 Å². The molecule has 0 amide bonds. The third kappa shape index (κ3) is 2.02. The molecule has 1 aliphatic rings. The van der Waals surface area contributed by atoms with Crippen molar-refractivity contribution < 1.29 is 0 Å². The van der Waals surface area contributed by atoms with E-state index in [4.69, 9.17) is 11.6 Å². The fourth-order valence-electron chi connectivity index (χ4n) is 2.75. The molecule has 2 aromatic heterocycles. The molecule has 1 fully saturated rings. The smallest absolute Gasteiger partial charge is 0.117 e. The van der Waals surface area contributed by atoms with E-state index < -0.39 is 0 Å². The van der Waals surface area contributed by atoms with Gasteiger partial charge in [0.2, 0.25) is 0 Å². The zero-order chi connectivity index (χ0) is 12.7. The monoisotopic (exact) mass is 263 g/mol. The van der Waals surface area contributed by atoms with Gasteiger partial charge in [0, 0.05) is 24.7 Å². The van der Waals surface area contributed by atoms with Crippen molar-refractivity contribution in [1.82, 2.24) is 14.3 Å². The topological polar surface area (TPSA) is 20.5 Å². The molecule has 2 aromatic rings. The first-order valence-electron chi connectivity index (χ1n) is 6.51. The van der Waals surface area contributed by atoms with Crippen molar-refractivity contribution in [2.45, 2.75) is 32.2 Å². The van der Waals surface area contributed by atoms with Gasteiger partial charge in [0.1, 0.15) is 5.82 Å². The van der Waals surface area contributed by atoms with Gasteiger partial charge in [-0.15, -0.1) is 0 Å². The molecule has 3 heterocycles. The van der Waals surface area contributed by atoms with E-state index in [0.29, 0.717) is 12.0 Å². The van der Waals surface area contributed by atoms with Crippen LogP contribution < -0.4 is 0 Å². The quantitative estimate of drug-likeness (QED) is 0.830. The average Bonchev–Trinajstić information content (AvgIpc) is 2.93. The van der Waals surface area contributed by atoms with Crippen LogP contribution in [-0.4, -0.2) is 33.4 Å². The Balaban J connectivity index is 1.93. The molecular weight excluding hydrogens is 246 g/mol. The summed E-state index contributed by atoms with van der Waals surface area (Å²) >= 11 is 6.07. The van der Waals surface area contributed by atoms with Crippen LogP contribution in [0.5, 0.6) is 0 Å². The summed E-state index contributed by atoms with van der Waals surface area (Å²) in [5.74, 6) is 1.67. The number of imidazole rings is 1. The number of fused-ring (bicyclic) bond motifs is 1. The lowest BCUT2D eigenvalue weighted by Gasteiger charge is -2.19. The second-order valence-electron chi connectivity index (χ2n) is 5.33. The van der Waals surface area contributed by atoms with Gasteiger partial charge in [-0.2, -0.15) is 0 Å². The molecule has 4 heteroatoms. The first-order chi connectivity index (χ1) is 8.65. The highest BCUT2D eigenvalue weighted by molar-refractivity contribution is 6.30. The minimum Gasteiger partial charge on any atom is -0.302 e. The molecule has 0 N–H and O–H groups in total. The molecule has 0 aliphatic carbocycles. The average molecular weight is 264 g/mol. The summed E-state index contributed by atoms with van der Waals surface area (Å²) in [5.41, 5.74) is 1.12. The second-order valence-corrected chi connectivity index (χ2v) is 5.77. The Bertz CT molecular complexity index is 561. The molecule has 0 bridgehead atoms. The van der Waals surface area contributed by atoms with Crippen LogP contribution in [0.25, 0.3) is 5.52 Å². The van der Waals surface area contributed by atoms with Gasteiger partial charge in [-0.25, -0.2) is 4.98 Å². The van der Waals surface area contributed by atoms with Crippen LogP contribution in [0.4, 0.5) is 0 Å². The summed E-state index contributed by atoms with van der Waals surface area (Å²) in [6.45, 7) is 6.77. The van der Waals surface area contributed by atoms with Crippen LogP contribution >= 0.6 is 11.6 Å². The zero-order valence-corrected chi connectivity index (χ0v) is 11.6. The maximum Gasteiger partial charge on any atom is 0.117 e. The van der Waals surface area contributed by atoms with E-state index in [0.717, 1.165) is 29.5 Å². The van der Waals surface area contributed by atoms with Crippen molar-refractivity contribution in [3.63, 3.8) is 0 Å². The minimum atomic E-state index is 0.522. The van der Waals surface area contributed by atoms with Crippen LogP contribution in [0.2, 0.25) is 5.02 Å². The van der Waals surface area contributed by atoms with Gasteiger partial charge in [0.15, 0.2) is 0 Å². The SMILES string of the molecule is CC(C)N1CCC(c2ncc3ccc(Cl)cn23)C1. The van der Waals surface area contributed by atoms with Crippen molar-refractivity contribution >= 4 is 17.1 Å². The number of halogens is 1. The molecule has 1 saturated heterocycles. The number of pyridine rings is 1. The molecule has 0 aromatic carbocycles. The largest absolute Gasteiger partial charge is 0.302 e. The van der Waals surface area contributed by atoms with Gasteiger partial charge < -0.3 is 9.30 Å². The first-order valence-corrected chi connectivity index (χ1v) is 6.89. The van der Waals surface area contributed by atoms with Gasteiger partial charge >= 0.3 is 0 Å². The molecule has 18 heavy (non-hydrogen) atoms. The maximum atomic E-state index is 6.07. The predicted octanol–water partition coefficient (Wildman–Crippen LogP) is 3.19. The third-order valence-electron chi connectivity index (χ3n) is 3.83. The summed E-state index contributed by atoms with van der Waals surface area (Å²) < 4.78 is 2.14. The van der Waals surface area contributed by atoms with E-state index in [9.17, 15) is 0 Å². The molecule has 0 spiro atoms. The summed E-state index contributed by atoms with van der Waals surface area (Å²) in [6.07, 6.45) is 5.09. The van der Waals surface area contributed by atoms with Crippen LogP contribution in [0.1, 0.15) is 32.0 Å². The van der Waals surface area contributed by atoms with Crippen LogP contribution in [-0.2, 0) is 0 Å². The summed E-state index contributed by atoms with van der Waals surface area (Å²) in [5, 5.41) is 0.764. The molecule has 3 nitrogen and oxygen atoms in total. The number of aromatic nitrogens is 2. The molecule has 96 valence electrons. The predicted molar refractivity (Wildman–Crippen MR) is 74.3 cm³/mol. The number of hydrogen-bond donors (Lipinski definition) is 0. The Labute approximate surface area is 112 Å². The molecular formula is C14H18ClN3. The fourth-order valence-corrected chi connectivity index (χ4v) is 2.91. The van der Waals surface area contributed by atoms with Crippen molar-refractivity contribution in [3.05, 3.63) is 35.4 Å². The van der Waals surface area contributed by atoms with Crippen molar-refractivity contribution in [2.24, 2.45) is 0 Å². The lowest BCUT2D eigenvalue weighted by Crippen LogP contribution is -2.28. The van der Waals surface area contributed by atoms with E-state index in [1.807, 2.05) is 24.5 Å². The molecule has 1 unspecified atom stereocenters. The van der Waals surface area contributed by atoms with Gasteiger partial charge in [-0.1, -0.05) is 11.6 Å². The van der Waals surface area contributed by atoms with E-state index in [1.165, 1.54) is 6.42 Å². The Kier molecular flexibility index (Phi) is 3.04. The lowest BCUT2D eigenvalue weighted by atomic mass is 10.1. The molecule has 0 radical (unpaired) electrons.